The molecule has 0 aliphatic carbocycles. The fourth-order valence-corrected chi connectivity index (χ4v) is 2.38. The number of amides is 1. The van der Waals surface area contributed by atoms with Crippen molar-refractivity contribution >= 4 is 34.6 Å². The van der Waals surface area contributed by atoms with Gasteiger partial charge in [-0.3, -0.25) is 4.79 Å². The molecule has 2 aromatic carbocycles. The highest BCUT2D eigenvalue weighted by molar-refractivity contribution is 6.03. The van der Waals surface area contributed by atoms with E-state index in [1.54, 1.807) is 24.3 Å². The molecule has 0 saturated carbocycles. The Morgan fingerprint density at radius 3 is 2.67 bits per heavy atom. The van der Waals surface area contributed by atoms with Crippen molar-refractivity contribution in [2.24, 2.45) is 0 Å². The number of esters is 2. The van der Waals surface area contributed by atoms with Crippen LogP contribution in [0.1, 0.15) is 27.6 Å². The smallest absolute Gasteiger partial charge is 0.339 e. The number of aromatic nitrogens is 1. The summed E-state index contributed by atoms with van der Waals surface area (Å²) in [7, 11) is 1.25. The van der Waals surface area contributed by atoms with Gasteiger partial charge in [-0.15, -0.1) is 0 Å². The molecule has 138 valence electrons. The normalized spacial score (nSPS) is 11.6. The average Bonchev–Trinajstić information content (AvgIpc) is 3.15. The predicted molar refractivity (Wildman–Crippen MR) is 95.3 cm³/mol. The lowest BCUT2D eigenvalue weighted by atomic mass is 10.1. The van der Waals surface area contributed by atoms with Crippen molar-refractivity contribution in [2.75, 3.05) is 12.4 Å². The van der Waals surface area contributed by atoms with Gasteiger partial charge in [-0.2, -0.15) is 0 Å². The van der Waals surface area contributed by atoms with E-state index in [0.29, 0.717) is 11.1 Å². The Morgan fingerprint density at radius 1 is 1.11 bits per heavy atom. The first kappa shape index (κ1) is 18.1. The number of ether oxygens (including phenoxy) is 2. The summed E-state index contributed by atoms with van der Waals surface area (Å²) < 4.78 is 15.0. The van der Waals surface area contributed by atoms with Crippen molar-refractivity contribution in [1.82, 2.24) is 4.98 Å². The third kappa shape index (κ3) is 3.95. The molecule has 3 aromatic rings. The Labute approximate surface area is 154 Å². The maximum Gasteiger partial charge on any atom is 0.339 e. The second-order valence-corrected chi connectivity index (χ2v) is 5.61. The van der Waals surface area contributed by atoms with E-state index in [9.17, 15) is 14.4 Å². The summed E-state index contributed by atoms with van der Waals surface area (Å²) in [5.74, 6) is -1.84. The average molecular weight is 368 g/mol. The summed E-state index contributed by atoms with van der Waals surface area (Å²) in [6, 6.07) is 11.0. The molecular weight excluding hydrogens is 352 g/mol. The molecule has 1 amide bonds. The van der Waals surface area contributed by atoms with Crippen LogP contribution < -0.4 is 5.32 Å². The van der Waals surface area contributed by atoms with Gasteiger partial charge in [-0.25, -0.2) is 14.6 Å². The van der Waals surface area contributed by atoms with Gasteiger partial charge >= 0.3 is 11.9 Å². The van der Waals surface area contributed by atoms with Gasteiger partial charge in [0, 0.05) is 0 Å². The number of nitrogens with zero attached hydrogens (tertiary/aromatic N) is 1. The molecule has 1 aromatic heterocycles. The second kappa shape index (κ2) is 7.69. The molecule has 1 unspecified atom stereocenters. The van der Waals surface area contributed by atoms with Crippen LogP contribution in [0, 0.1) is 0 Å². The molecule has 0 aliphatic rings. The predicted octanol–water partition coefficient (Wildman–Crippen LogP) is 2.80. The molecule has 27 heavy (non-hydrogen) atoms. The Morgan fingerprint density at radius 2 is 1.89 bits per heavy atom. The molecular formula is C19H16N2O6. The van der Waals surface area contributed by atoms with Gasteiger partial charge in [0.25, 0.3) is 5.91 Å². The SMILES string of the molecule is COC(=O)c1ccccc1NC(=O)C(C)OC(=O)c1ccc2ocnc2c1. The lowest BCUT2D eigenvalue weighted by Crippen LogP contribution is -2.30. The molecule has 0 fully saturated rings. The van der Waals surface area contributed by atoms with E-state index in [2.05, 4.69) is 15.0 Å². The third-order valence-corrected chi connectivity index (χ3v) is 3.81. The number of nitrogens with one attached hydrogen (secondary N) is 1. The highest BCUT2D eigenvalue weighted by Crippen LogP contribution is 2.18. The van der Waals surface area contributed by atoms with E-state index in [4.69, 9.17) is 9.15 Å². The van der Waals surface area contributed by atoms with Gasteiger partial charge in [0.1, 0.15) is 5.52 Å². The van der Waals surface area contributed by atoms with Gasteiger partial charge in [0.15, 0.2) is 18.1 Å². The molecule has 1 atom stereocenters. The Kier molecular flexibility index (Phi) is 5.16. The van der Waals surface area contributed by atoms with E-state index in [1.165, 1.54) is 38.6 Å². The van der Waals surface area contributed by atoms with E-state index in [1.807, 2.05) is 0 Å². The topological polar surface area (TPSA) is 108 Å². The van der Waals surface area contributed by atoms with E-state index in [-0.39, 0.29) is 16.8 Å². The zero-order chi connectivity index (χ0) is 19.4. The summed E-state index contributed by atoms with van der Waals surface area (Å²) in [6.07, 6.45) is 0.186. The highest BCUT2D eigenvalue weighted by atomic mass is 16.5. The molecule has 3 rings (SSSR count). The van der Waals surface area contributed by atoms with Crippen LogP contribution in [0.4, 0.5) is 5.69 Å². The van der Waals surface area contributed by atoms with Crippen LogP contribution in [-0.2, 0) is 14.3 Å². The number of para-hydroxylation sites is 1. The molecule has 8 nitrogen and oxygen atoms in total. The van der Waals surface area contributed by atoms with Gasteiger partial charge in [0.2, 0.25) is 0 Å². The maximum absolute atomic E-state index is 12.3. The molecule has 0 radical (unpaired) electrons. The van der Waals surface area contributed by atoms with Gasteiger partial charge in [-0.1, -0.05) is 12.1 Å². The van der Waals surface area contributed by atoms with Gasteiger partial charge in [-0.05, 0) is 37.3 Å². The number of carbonyl (C=O) groups excluding carboxylic acids is 3. The number of methoxy groups -OCH3 is 1. The maximum atomic E-state index is 12.3. The summed E-state index contributed by atoms with van der Waals surface area (Å²) >= 11 is 0. The van der Waals surface area contributed by atoms with Crippen molar-refractivity contribution in [3.63, 3.8) is 0 Å². The van der Waals surface area contributed by atoms with E-state index in [0.717, 1.165) is 0 Å². The van der Waals surface area contributed by atoms with Gasteiger partial charge < -0.3 is 19.2 Å². The first-order valence-electron chi connectivity index (χ1n) is 8.02. The van der Waals surface area contributed by atoms with Crippen molar-refractivity contribution < 1.29 is 28.3 Å². The molecule has 1 heterocycles. The van der Waals surface area contributed by atoms with Crippen LogP contribution in [0.15, 0.2) is 53.3 Å². The monoisotopic (exact) mass is 368 g/mol. The standard InChI is InChI=1S/C19H16N2O6/c1-11(17(22)21-14-6-4-3-5-13(14)19(24)25-2)27-18(23)12-7-8-16-15(9-12)20-10-26-16/h3-11H,1-2H3,(H,21,22). The zero-order valence-corrected chi connectivity index (χ0v) is 14.6. The first-order chi connectivity index (χ1) is 13.0. The summed E-state index contributed by atoms with van der Waals surface area (Å²) in [5, 5.41) is 2.56. The molecule has 0 bridgehead atoms. The Bertz CT molecular complexity index is 1010. The number of anilines is 1. The molecule has 8 heteroatoms. The van der Waals surface area contributed by atoms with E-state index >= 15 is 0 Å². The van der Waals surface area contributed by atoms with Crippen LogP contribution in [0.25, 0.3) is 11.1 Å². The van der Waals surface area contributed by atoms with Crippen molar-refractivity contribution in [3.8, 4) is 0 Å². The van der Waals surface area contributed by atoms with E-state index < -0.39 is 23.9 Å². The van der Waals surface area contributed by atoms with Crippen LogP contribution in [-0.4, -0.2) is 36.0 Å². The minimum Gasteiger partial charge on any atom is -0.465 e. The molecule has 1 N–H and O–H groups in total. The number of rotatable bonds is 5. The summed E-state index contributed by atoms with van der Waals surface area (Å²) in [5.41, 5.74) is 1.75. The Balaban J connectivity index is 1.69. The molecule has 0 spiro atoms. The van der Waals surface area contributed by atoms with Crippen molar-refractivity contribution in [2.45, 2.75) is 13.0 Å². The quantitative estimate of drug-likeness (QED) is 0.690. The number of hydrogen-bond donors (Lipinski definition) is 1. The number of oxazole rings is 1. The summed E-state index contributed by atoms with van der Waals surface area (Å²) in [4.78, 5) is 40.3. The van der Waals surface area contributed by atoms with Crippen LogP contribution in [0.5, 0.6) is 0 Å². The minimum atomic E-state index is -1.09. The largest absolute Gasteiger partial charge is 0.465 e. The lowest BCUT2D eigenvalue weighted by molar-refractivity contribution is -0.123. The highest BCUT2D eigenvalue weighted by Gasteiger charge is 2.21. The van der Waals surface area contributed by atoms with Crippen molar-refractivity contribution in [1.29, 1.82) is 0 Å². The number of carbonyl (C=O) groups is 3. The van der Waals surface area contributed by atoms with Crippen LogP contribution in [0.2, 0.25) is 0 Å². The molecule has 0 aliphatic heterocycles. The number of fused-ring (bicyclic) bond motifs is 1. The van der Waals surface area contributed by atoms with Crippen LogP contribution in [0.3, 0.4) is 0 Å². The van der Waals surface area contributed by atoms with Gasteiger partial charge in [0.05, 0.1) is 23.9 Å². The zero-order valence-electron chi connectivity index (χ0n) is 14.6. The fraction of sp³-hybridized carbons (Fsp3) is 0.158. The summed E-state index contributed by atoms with van der Waals surface area (Å²) in [6.45, 7) is 1.43. The number of hydrogen-bond acceptors (Lipinski definition) is 7. The van der Waals surface area contributed by atoms with Crippen LogP contribution >= 0.6 is 0 Å². The third-order valence-electron chi connectivity index (χ3n) is 3.81. The fourth-order valence-electron chi connectivity index (χ4n) is 2.38. The minimum absolute atomic E-state index is 0.198. The first-order valence-corrected chi connectivity index (χ1v) is 8.02. The Hall–Kier alpha value is -3.68. The molecule has 0 saturated heterocycles. The van der Waals surface area contributed by atoms with Crippen molar-refractivity contribution in [3.05, 3.63) is 60.0 Å². The number of benzene rings is 2. The second-order valence-electron chi connectivity index (χ2n) is 5.61. The lowest BCUT2D eigenvalue weighted by Gasteiger charge is -2.15.